The number of rotatable bonds is 7. The molecule has 0 atom stereocenters. The molecule has 142 valence electrons. The van der Waals surface area contributed by atoms with E-state index in [1.807, 2.05) is 0 Å². The van der Waals surface area contributed by atoms with Crippen LogP contribution in [0.4, 0.5) is 13.9 Å². The second-order valence-corrected chi connectivity index (χ2v) is 7.74. The predicted molar refractivity (Wildman–Crippen MR) is 102 cm³/mol. The lowest BCUT2D eigenvalue weighted by Gasteiger charge is -2.26. The molecule has 1 aromatic carbocycles. The summed E-state index contributed by atoms with van der Waals surface area (Å²) in [5.41, 5.74) is 0.137. The normalized spacial score (nSPS) is 15.3. The number of fused-ring (bicyclic) bond motifs is 1. The summed E-state index contributed by atoms with van der Waals surface area (Å²) < 4.78 is 28.0. The van der Waals surface area contributed by atoms with Gasteiger partial charge in [0, 0.05) is 25.1 Å². The lowest BCUT2D eigenvalue weighted by molar-refractivity contribution is -0.122. The molecule has 1 aromatic heterocycles. The number of amides is 1. The number of aromatic nitrogens is 1. The minimum Gasteiger partial charge on any atom is -0.302 e. The van der Waals surface area contributed by atoms with Crippen molar-refractivity contribution in [2.24, 2.45) is 5.92 Å². The zero-order chi connectivity index (χ0) is 18.7. The number of carbonyl (C=O) groups is 1. The topological polar surface area (TPSA) is 36.4 Å². The first-order valence-corrected chi connectivity index (χ1v) is 10.1. The van der Waals surface area contributed by atoms with E-state index in [4.69, 9.17) is 0 Å². The van der Waals surface area contributed by atoms with Crippen molar-refractivity contribution in [1.82, 2.24) is 9.88 Å². The van der Waals surface area contributed by atoms with Crippen molar-refractivity contribution in [1.29, 1.82) is 0 Å². The van der Waals surface area contributed by atoms with Crippen LogP contribution in [-0.4, -0.2) is 42.0 Å². The van der Waals surface area contributed by atoms with Gasteiger partial charge in [-0.2, -0.15) is 0 Å². The number of nitrogens with zero attached hydrogens (tertiary/aromatic N) is 3. The molecule has 0 bridgehead atoms. The highest BCUT2D eigenvalue weighted by Gasteiger charge is 2.30. The van der Waals surface area contributed by atoms with Crippen LogP contribution >= 0.6 is 11.3 Å². The molecule has 2 aromatic rings. The molecular formula is C19H25F2N3OS. The number of likely N-dealkylation sites (N-methyl/N-ethyl adjacent to an activating group) is 1. The Bertz CT molecular complexity index is 769. The molecule has 1 amide bonds. The van der Waals surface area contributed by atoms with Gasteiger partial charge >= 0.3 is 0 Å². The summed E-state index contributed by atoms with van der Waals surface area (Å²) in [6, 6.07) is 2.12. The molecule has 1 fully saturated rings. The quantitative estimate of drug-likeness (QED) is 0.711. The van der Waals surface area contributed by atoms with Gasteiger partial charge in [-0.3, -0.25) is 9.69 Å². The predicted octanol–water partition coefficient (Wildman–Crippen LogP) is 4.44. The Morgan fingerprint density at radius 3 is 2.54 bits per heavy atom. The Kier molecular flexibility index (Phi) is 6.19. The van der Waals surface area contributed by atoms with Crippen molar-refractivity contribution in [2.75, 3.05) is 31.1 Å². The molecule has 0 N–H and O–H groups in total. The van der Waals surface area contributed by atoms with Gasteiger partial charge < -0.3 is 4.90 Å². The minimum atomic E-state index is -0.681. The largest absolute Gasteiger partial charge is 0.302 e. The third-order valence-corrected chi connectivity index (χ3v) is 6.16. The van der Waals surface area contributed by atoms with Gasteiger partial charge in [-0.1, -0.05) is 38.0 Å². The molecule has 1 heterocycles. The average molecular weight is 381 g/mol. The van der Waals surface area contributed by atoms with E-state index in [2.05, 4.69) is 23.7 Å². The van der Waals surface area contributed by atoms with Gasteiger partial charge in [-0.05, 0) is 32.0 Å². The molecule has 1 aliphatic rings. The summed E-state index contributed by atoms with van der Waals surface area (Å²) >= 11 is 1.18. The highest BCUT2D eigenvalue weighted by atomic mass is 32.1. The fourth-order valence-electron chi connectivity index (χ4n) is 3.54. The molecule has 26 heavy (non-hydrogen) atoms. The van der Waals surface area contributed by atoms with Crippen molar-refractivity contribution in [3.8, 4) is 0 Å². The van der Waals surface area contributed by atoms with Crippen LogP contribution in [-0.2, 0) is 4.79 Å². The molecule has 0 spiro atoms. The van der Waals surface area contributed by atoms with Crippen molar-refractivity contribution < 1.29 is 13.6 Å². The van der Waals surface area contributed by atoms with Crippen LogP contribution < -0.4 is 4.90 Å². The first-order chi connectivity index (χ1) is 12.5. The van der Waals surface area contributed by atoms with E-state index in [1.54, 1.807) is 4.90 Å². The maximum absolute atomic E-state index is 14.0. The van der Waals surface area contributed by atoms with Crippen molar-refractivity contribution in [3.05, 3.63) is 23.8 Å². The first-order valence-electron chi connectivity index (χ1n) is 9.32. The van der Waals surface area contributed by atoms with Crippen LogP contribution in [0.2, 0.25) is 0 Å². The van der Waals surface area contributed by atoms with E-state index in [-0.39, 0.29) is 17.3 Å². The highest BCUT2D eigenvalue weighted by Crippen LogP contribution is 2.34. The number of hydrogen-bond acceptors (Lipinski definition) is 4. The summed E-state index contributed by atoms with van der Waals surface area (Å²) in [7, 11) is 0. The third kappa shape index (κ3) is 4.04. The van der Waals surface area contributed by atoms with Crippen LogP contribution in [0.3, 0.4) is 0 Å². The maximum atomic E-state index is 14.0. The Balaban J connectivity index is 1.91. The second-order valence-electron chi connectivity index (χ2n) is 6.73. The summed E-state index contributed by atoms with van der Waals surface area (Å²) in [5, 5.41) is 0.466. The molecule has 7 heteroatoms. The number of carbonyl (C=O) groups excluding carboxylic acids is 1. The van der Waals surface area contributed by atoms with E-state index in [9.17, 15) is 13.6 Å². The average Bonchev–Trinajstić information content (AvgIpc) is 3.28. The van der Waals surface area contributed by atoms with Crippen LogP contribution in [0.25, 0.3) is 10.2 Å². The lowest BCUT2D eigenvalue weighted by Crippen LogP contribution is -2.41. The van der Waals surface area contributed by atoms with Crippen LogP contribution in [0, 0.1) is 17.6 Å². The highest BCUT2D eigenvalue weighted by molar-refractivity contribution is 7.22. The number of benzene rings is 1. The number of halogens is 2. The fraction of sp³-hybridized carbons (Fsp3) is 0.579. The van der Waals surface area contributed by atoms with Gasteiger partial charge in [0.1, 0.15) is 11.3 Å². The van der Waals surface area contributed by atoms with E-state index in [0.29, 0.717) is 16.4 Å². The molecule has 1 saturated carbocycles. The zero-order valence-electron chi connectivity index (χ0n) is 15.3. The summed E-state index contributed by atoms with van der Waals surface area (Å²) in [6.07, 6.45) is 3.93. The second kappa shape index (κ2) is 8.39. The van der Waals surface area contributed by atoms with E-state index in [0.717, 1.165) is 51.4 Å². The monoisotopic (exact) mass is 381 g/mol. The molecule has 1 aliphatic carbocycles. The van der Waals surface area contributed by atoms with E-state index >= 15 is 0 Å². The zero-order valence-corrected chi connectivity index (χ0v) is 16.1. The standard InChI is InChI=1S/C19H25F2N3OS/c1-3-23(4-2)9-10-24(18(25)13-7-5-6-8-13)19-22-17-15(21)11-14(20)12-16(17)26-19/h11-13H,3-10H2,1-2H3. The molecule has 0 saturated heterocycles. The van der Waals surface area contributed by atoms with Gasteiger partial charge in [0.05, 0.1) is 4.70 Å². The SMILES string of the molecule is CCN(CC)CCN(C(=O)C1CCCC1)c1nc2c(F)cc(F)cc2s1. The minimum absolute atomic E-state index is 0.0142. The maximum Gasteiger partial charge on any atom is 0.231 e. The Hall–Kier alpha value is -1.60. The van der Waals surface area contributed by atoms with E-state index < -0.39 is 11.6 Å². The number of thiazole rings is 1. The Morgan fingerprint density at radius 1 is 1.19 bits per heavy atom. The Labute approximate surface area is 156 Å². The summed E-state index contributed by atoms with van der Waals surface area (Å²) in [5.74, 6) is -1.23. The smallest absolute Gasteiger partial charge is 0.231 e. The van der Waals surface area contributed by atoms with Crippen LogP contribution in [0.15, 0.2) is 12.1 Å². The molecule has 4 nitrogen and oxygen atoms in total. The lowest BCUT2D eigenvalue weighted by atomic mass is 10.1. The van der Waals surface area contributed by atoms with Crippen molar-refractivity contribution in [2.45, 2.75) is 39.5 Å². The number of anilines is 1. The fourth-order valence-corrected chi connectivity index (χ4v) is 4.57. The van der Waals surface area contributed by atoms with Gasteiger partial charge in [0.2, 0.25) is 5.91 Å². The van der Waals surface area contributed by atoms with Gasteiger partial charge in [-0.25, -0.2) is 13.8 Å². The summed E-state index contributed by atoms with van der Waals surface area (Å²) in [6.45, 7) is 7.23. The van der Waals surface area contributed by atoms with Crippen LogP contribution in [0.1, 0.15) is 39.5 Å². The van der Waals surface area contributed by atoms with Crippen molar-refractivity contribution in [3.63, 3.8) is 0 Å². The molecule has 0 aliphatic heterocycles. The van der Waals surface area contributed by atoms with Gasteiger partial charge in [0.15, 0.2) is 10.9 Å². The molecule has 0 unspecified atom stereocenters. The van der Waals surface area contributed by atoms with E-state index in [1.165, 1.54) is 17.4 Å². The third-order valence-electron chi connectivity index (χ3n) is 5.14. The van der Waals surface area contributed by atoms with Crippen LogP contribution in [0.5, 0.6) is 0 Å². The van der Waals surface area contributed by atoms with Crippen molar-refractivity contribution >= 4 is 32.6 Å². The molecule has 0 radical (unpaired) electrons. The van der Waals surface area contributed by atoms with Gasteiger partial charge in [0.25, 0.3) is 0 Å². The Morgan fingerprint density at radius 2 is 1.88 bits per heavy atom. The molecular weight excluding hydrogens is 356 g/mol. The molecule has 3 rings (SSSR count). The number of hydrogen-bond donors (Lipinski definition) is 0. The first kappa shape index (κ1) is 19.2. The van der Waals surface area contributed by atoms with Gasteiger partial charge in [-0.15, -0.1) is 0 Å². The summed E-state index contributed by atoms with van der Waals surface area (Å²) in [4.78, 5) is 21.3.